The van der Waals surface area contributed by atoms with Crippen LogP contribution in [-0.2, 0) is 14.8 Å². The van der Waals surface area contributed by atoms with E-state index in [4.69, 9.17) is 9.84 Å². The molecule has 0 unspecified atom stereocenters. The molecular formula is C10H14N2O4S2. The van der Waals surface area contributed by atoms with E-state index in [9.17, 15) is 8.42 Å². The van der Waals surface area contributed by atoms with Crippen LogP contribution in [0.25, 0.3) is 0 Å². The second-order valence-electron chi connectivity index (χ2n) is 3.22. The number of thiazole rings is 1. The van der Waals surface area contributed by atoms with E-state index >= 15 is 0 Å². The van der Waals surface area contributed by atoms with Gasteiger partial charge in [0.2, 0.25) is 10.0 Å². The summed E-state index contributed by atoms with van der Waals surface area (Å²) >= 11 is 1.15. The number of hydrogen-bond acceptors (Lipinski definition) is 6. The summed E-state index contributed by atoms with van der Waals surface area (Å²) in [7, 11) is -1.99. The number of rotatable bonds is 6. The van der Waals surface area contributed by atoms with Crippen LogP contribution in [0.1, 0.15) is 11.3 Å². The monoisotopic (exact) mass is 290 g/mol. The number of methoxy groups -OCH3 is 1. The molecule has 0 amide bonds. The summed E-state index contributed by atoms with van der Waals surface area (Å²) in [5.41, 5.74) is 0. The Balaban J connectivity index is 2.62. The van der Waals surface area contributed by atoms with Gasteiger partial charge < -0.3 is 9.84 Å². The summed E-state index contributed by atoms with van der Waals surface area (Å²) in [5, 5.41) is 8.84. The minimum atomic E-state index is -3.42. The highest BCUT2D eigenvalue weighted by molar-refractivity contribution is 7.92. The fourth-order valence-corrected chi connectivity index (χ4v) is 2.86. The molecule has 0 aliphatic carbocycles. The second kappa shape index (κ2) is 7.33. The van der Waals surface area contributed by atoms with Crippen molar-refractivity contribution in [3.8, 4) is 11.8 Å². The van der Waals surface area contributed by atoms with Gasteiger partial charge in [-0.2, -0.15) is 0 Å². The van der Waals surface area contributed by atoms with E-state index in [1.54, 1.807) is 0 Å². The molecule has 1 aromatic rings. The number of hydrogen-bond donors (Lipinski definition) is 2. The highest BCUT2D eigenvalue weighted by Crippen LogP contribution is 2.18. The number of sulfonamides is 1. The number of nitrogens with one attached hydrogen (secondary N) is 1. The molecule has 100 valence electrons. The summed E-state index contributed by atoms with van der Waals surface area (Å²) in [4.78, 5) is 4.56. The molecule has 0 spiro atoms. The summed E-state index contributed by atoms with van der Waals surface area (Å²) in [6.07, 6.45) is 1.87. The van der Waals surface area contributed by atoms with E-state index in [1.807, 2.05) is 0 Å². The predicted octanol–water partition coefficient (Wildman–Crippen LogP) is 0.265. The Bertz CT molecular complexity index is 528. The molecular weight excluding hydrogens is 276 g/mol. The van der Waals surface area contributed by atoms with Crippen molar-refractivity contribution in [1.82, 2.24) is 4.98 Å². The SMILES string of the molecule is COCCS(=O)(=O)Nc1ncc(C#CCCO)s1. The quantitative estimate of drug-likeness (QED) is 0.734. The van der Waals surface area contributed by atoms with Crippen LogP contribution in [0.15, 0.2) is 6.20 Å². The normalized spacial score (nSPS) is 10.8. The Morgan fingerprint density at radius 1 is 1.61 bits per heavy atom. The zero-order valence-electron chi connectivity index (χ0n) is 9.84. The largest absolute Gasteiger partial charge is 0.395 e. The predicted molar refractivity (Wildman–Crippen MR) is 70.0 cm³/mol. The smallest absolute Gasteiger partial charge is 0.236 e. The number of aliphatic hydroxyl groups excluding tert-OH is 1. The molecule has 0 saturated carbocycles. The first-order chi connectivity index (χ1) is 8.57. The van der Waals surface area contributed by atoms with Gasteiger partial charge in [0.05, 0.1) is 30.0 Å². The van der Waals surface area contributed by atoms with Gasteiger partial charge in [-0.15, -0.1) is 0 Å². The highest BCUT2D eigenvalue weighted by atomic mass is 32.2. The molecule has 8 heteroatoms. The van der Waals surface area contributed by atoms with Gasteiger partial charge in [-0.25, -0.2) is 13.4 Å². The third kappa shape index (κ3) is 5.46. The van der Waals surface area contributed by atoms with Crippen LogP contribution in [0, 0.1) is 11.8 Å². The molecule has 0 aliphatic rings. The van der Waals surface area contributed by atoms with Crippen LogP contribution in [0.5, 0.6) is 0 Å². The summed E-state index contributed by atoms with van der Waals surface area (Å²) < 4.78 is 30.1. The van der Waals surface area contributed by atoms with Crippen LogP contribution in [0.2, 0.25) is 0 Å². The van der Waals surface area contributed by atoms with Crippen molar-refractivity contribution in [1.29, 1.82) is 0 Å². The van der Waals surface area contributed by atoms with Crippen molar-refractivity contribution in [2.75, 3.05) is 30.8 Å². The van der Waals surface area contributed by atoms with Crippen molar-refractivity contribution < 1.29 is 18.3 Å². The standard InChI is InChI=1S/C10H14N2O4S2/c1-16-6-7-18(14,15)12-10-11-8-9(17-10)4-2-3-5-13/h8,13H,3,5-7H2,1H3,(H,11,12). The Kier molecular flexibility index (Phi) is 6.07. The third-order valence-electron chi connectivity index (χ3n) is 1.75. The average Bonchev–Trinajstić information content (AvgIpc) is 2.74. The Morgan fingerprint density at radius 2 is 2.39 bits per heavy atom. The van der Waals surface area contributed by atoms with Crippen molar-refractivity contribution in [3.63, 3.8) is 0 Å². The summed E-state index contributed by atoms with van der Waals surface area (Å²) in [6.45, 7) is 0.131. The minimum Gasteiger partial charge on any atom is -0.395 e. The van der Waals surface area contributed by atoms with E-state index in [1.165, 1.54) is 13.3 Å². The van der Waals surface area contributed by atoms with Crippen LogP contribution < -0.4 is 4.72 Å². The molecule has 0 atom stereocenters. The molecule has 0 aliphatic heterocycles. The van der Waals surface area contributed by atoms with Crippen molar-refractivity contribution >= 4 is 26.5 Å². The molecule has 6 nitrogen and oxygen atoms in total. The van der Waals surface area contributed by atoms with Gasteiger partial charge in [-0.3, -0.25) is 4.72 Å². The molecule has 2 N–H and O–H groups in total. The highest BCUT2D eigenvalue weighted by Gasteiger charge is 2.12. The summed E-state index contributed by atoms with van der Waals surface area (Å²) in [6, 6.07) is 0. The average molecular weight is 290 g/mol. The number of ether oxygens (including phenoxy) is 1. The van der Waals surface area contributed by atoms with Crippen LogP contribution in [-0.4, -0.2) is 44.6 Å². The lowest BCUT2D eigenvalue weighted by Crippen LogP contribution is -2.19. The van der Waals surface area contributed by atoms with Gasteiger partial charge >= 0.3 is 0 Å². The maximum Gasteiger partial charge on any atom is 0.236 e. The van der Waals surface area contributed by atoms with Gasteiger partial charge in [0.1, 0.15) is 0 Å². The van der Waals surface area contributed by atoms with E-state index in [-0.39, 0.29) is 24.1 Å². The van der Waals surface area contributed by atoms with Crippen LogP contribution >= 0.6 is 11.3 Å². The third-order valence-corrected chi connectivity index (χ3v) is 3.92. The van der Waals surface area contributed by atoms with Gasteiger partial charge in [0.25, 0.3) is 0 Å². The molecule has 0 saturated heterocycles. The number of nitrogens with zero attached hydrogens (tertiary/aromatic N) is 1. The molecule has 0 radical (unpaired) electrons. The second-order valence-corrected chi connectivity index (χ2v) is 6.09. The first kappa shape index (κ1) is 14.9. The van der Waals surface area contributed by atoms with Crippen molar-refractivity contribution in [3.05, 3.63) is 11.1 Å². The van der Waals surface area contributed by atoms with Gasteiger partial charge in [0, 0.05) is 13.5 Å². The molecule has 0 bridgehead atoms. The van der Waals surface area contributed by atoms with E-state index in [2.05, 4.69) is 21.5 Å². The maximum atomic E-state index is 11.5. The van der Waals surface area contributed by atoms with E-state index in [0.717, 1.165) is 11.3 Å². The molecule has 0 aromatic carbocycles. The number of anilines is 1. The zero-order valence-corrected chi connectivity index (χ0v) is 11.5. The number of aliphatic hydroxyl groups is 1. The summed E-state index contributed by atoms with van der Waals surface area (Å²) in [5.74, 6) is 5.40. The lowest BCUT2D eigenvalue weighted by molar-refractivity contribution is 0.217. The van der Waals surface area contributed by atoms with Crippen LogP contribution in [0.3, 0.4) is 0 Å². The van der Waals surface area contributed by atoms with Crippen molar-refractivity contribution in [2.24, 2.45) is 0 Å². The first-order valence-electron chi connectivity index (χ1n) is 5.12. The fourth-order valence-electron chi connectivity index (χ4n) is 0.962. The number of aromatic nitrogens is 1. The fraction of sp³-hybridized carbons (Fsp3) is 0.500. The Labute approximate surface area is 110 Å². The van der Waals surface area contributed by atoms with E-state index < -0.39 is 10.0 Å². The van der Waals surface area contributed by atoms with Gasteiger partial charge in [-0.1, -0.05) is 23.2 Å². The van der Waals surface area contributed by atoms with Crippen LogP contribution in [0.4, 0.5) is 5.13 Å². The zero-order chi connectivity index (χ0) is 13.4. The lowest BCUT2D eigenvalue weighted by atomic mass is 10.4. The Morgan fingerprint density at radius 3 is 3.06 bits per heavy atom. The molecule has 1 rings (SSSR count). The first-order valence-corrected chi connectivity index (χ1v) is 7.59. The molecule has 18 heavy (non-hydrogen) atoms. The van der Waals surface area contributed by atoms with Gasteiger partial charge in [-0.05, 0) is 0 Å². The Hall–Kier alpha value is -1.14. The van der Waals surface area contributed by atoms with E-state index in [0.29, 0.717) is 11.3 Å². The topological polar surface area (TPSA) is 88.5 Å². The maximum absolute atomic E-state index is 11.5. The van der Waals surface area contributed by atoms with Gasteiger partial charge in [0.15, 0.2) is 5.13 Å². The molecule has 1 aromatic heterocycles. The molecule has 1 heterocycles. The van der Waals surface area contributed by atoms with Crippen molar-refractivity contribution in [2.45, 2.75) is 6.42 Å². The minimum absolute atomic E-state index is 0.00229. The lowest BCUT2D eigenvalue weighted by Gasteiger charge is -2.03. The molecule has 0 fully saturated rings.